The van der Waals surface area contributed by atoms with Crippen molar-refractivity contribution in [2.24, 2.45) is 10.2 Å². The average molecular weight is 422 g/mol. The fourth-order valence-electron chi connectivity index (χ4n) is 2.45. The molecule has 0 bridgehead atoms. The minimum absolute atomic E-state index is 0.0947. The molecule has 0 aliphatic heterocycles. The van der Waals surface area contributed by atoms with E-state index in [4.69, 9.17) is 4.74 Å². The Morgan fingerprint density at radius 3 is 2.39 bits per heavy atom. The van der Waals surface area contributed by atoms with E-state index in [9.17, 15) is 14.4 Å². The highest BCUT2D eigenvalue weighted by atomic mass is 16.8. The minimum Gasteiger partial charge on any atom is -0.434 e. The van der Waals surface area contributed by atoms with Gasteiger partial charge < -0.3 is 14.2 Å². The average Bonchev–Trinajstić information content (AvgIpc) is 2.78. The van der Waals surface area contributed by atoms with Gasteiger partial charge in [-0.15, -0.1) is 0 Å². The van der Waals surface area contributed by atoms with E-state index in [1.54, 1.807) is 37.3 Å². The maximum absolute atomic E-state index is 12.6. The highest BCUT2D eigenvalue weighted by molar-refractivity contribution is 6.09. The molecule has 0 amide bonds. The molecule has 0 atom stereocenters. The molecule has 0 spiro atoms. The van der Waals surface area contributed by atoms with Crippen LogP contribution >= 0.6 is 0 Å². The number of carbonyl (C=O) groups is 3. The molecule has 160 valence electrons. The second-order valence-corrected chi connectivity index (χ2v) is 6.23. The number of ketones is 1. The molecular weight excluding hydrogens is 400 g/mol. The summed E-state index contributed by atoms with van der Waals surface area (Å²) in [6.45, 7) is 7.85. The Bertz CT molecular complexity index is 998. The minimum atomic E-state index is -1.02. The Morgan fingerprint density at radius 1 is 0.968 bits per heavy atom. The fraction of sp³-hybridized carbons (Fsp3) is 0.174. The van der Waals surface area contributed by atoms with Crippen molar-refractivity contribution >= 4 is 29.3 Å². The van der Waals surface area contributed by atoms with E-state index in [0.717, 1.165) is 6.08 Å². The van der Waals surface area contributed by atoms with Crippen molar-refractivity contribution in [1.82, 2.24) is 0 Å². The number of hydrogen-bond donors (Lipinski definition) is 0. The number of carbonyl (C=O) groups excluding carboxylic acids is 3. The fourth-order valence-corrected chi connectivity index (χ4v) is 2.45. The molecule has 0 aliphatic carbocycles. The summed E-state index contributed by atoms with van der Waals surface area (Å²) in [4.78, 5) is 35.1. The summed E-state index contributed by atoms with van der Waals surface area (Å²) < 4.78 is 14.2. The second kappa shape index (κ2) is 11.8. The first-order valence-corrected chi connectivity index (χ1v) is 9.30. The summed E-state index contributed by atoms with van der Waals surface area (Å²) in [6, 6.07) is 14.2. The number of esters is 1. The standard InChI is InChI=1S/C23H22N2O6/c1-4-21(26)30-15-31-23(28)29-14-13-18-19(22(27)16(2)3)11-8-12-20(18)25-24-17-9-6-5-7-10-17/h4-12H,1-2,13-15H2,3H3. The van der Waals surface area contributed by atoms with Crippen molar-refractivity contribution in [3.63, 3.8) is 0 Å². The zero-order valence-corrected chi connectivity index (χ0v) is 17.1. The lowest BCUT2D eigenvalue weighted by Crippen LogP contribution is -2.15. The van der Waals surface area contributed by atoms with Crippen molar-refractivity contribution in [3.8, 4) is 0 Å². The van der Waals surface area contributed by atoms with Gasteiger partial charge in [0.25, 0.3) is 0 Å². The van der Waals surface area contributed by atoms with Crippen LogP contribution in [0.1, 0.15) is 22.8 Å². The molecule has 0 fully saturated rings. The van der Waals surface area contributed by atoms with Crippen LogP contribution in [0.15, 0.2) is 83.6 Å². The normalized spacial score (nSPS) is 10.4. The third-order valence-electron chi connectivity index (χ3n) is 3.93. The molecule has 0 aliphatic rings. The Balaban J connectivity index is 2.13. The van der Waals surface area contributed by atoms with Gasteiger partial charge in [0.15, 0.2) is 5.78 Å². The van der Waals surface area contributed by atoms with Crippen LogP contribution in [-0.4, -0.2) is 31.3 Å². The van der Waals surface area contributed by atoms with E-state index in [1.807, 2.05) is 18.2 Å². The van der Waals surface area contributed by atoms with E-state index in [1.165, 1.54) is 0 Å². The molecular formula is C23H22N2O6. The van der Waals surface area contributed by atoms with Crippen LogP contribution in [0, 0.1) is 0 Å². The maximum Gasteiger partial charge on any atom is 0.511 e. The molecule has 0 N–H and O–H groups in total. The molecule has 2 aromatic rings. The quantitative estimate of drug-likeness (QED) is 0.170. The van der Waals surface area contributed by atoms with Gasteiger partial charge >= 0.3 is 12.1 Å². The Hall–Kier alpha value is -4.07. The van der Waals surface area contributed by atoms with Gasteiger partial charge in [-0.2, -0.15) is 10.2 Å². The van der Waals surface area contributed by atoms with Crippen LogP contribution in [-0.2, 0) is 25.4 Å². The van der Waals surface area contributed by atoms with Gasteiger partial charge in [0.2, 0.25) is 6.79 Å². The first kappa shape index (κ1) is 23.2. The number of Topliss-reactive ketones (excluding diaryl/α,β-unsaturated/α-hetero) is 1. The zero-order valence-electron chi connectivity index (χ0n) is 17.1. The van der Waals surface area contributed by atoms with Crippen LogP contribution < -0.4 is 0 Å². The van der Waals surface area contributed by atoms with E-state index in [0.29, 0.717) is 28.1 Å². The van der Waals surface area contributed by atoms with Gasteiger partial charge in [-0.3, -0.25) is 4.79 Å². The third kappa shape index (κ3) is 7.36. The summed E-state index contributed by atoms with van der Waals surface area (Å²) in [5.41, 5.74) is 2.43. The highest BCUT2D eigenvalue weighted by Gasteiger charge is 2.16. The monoisotopic (exact) mass is 422 g/mol. The predicted molar refractivity (Wildman–Crippen MR) is 113 cm³/mol. The van der Waals surface area contributed by atoms with Crippen molar-refractivity contribution in [1.29, 1.82) is 0 Å². The summed E-state index contributed by atoms with van der Waals surface area (Å²) in [5, 5.41) is 8.45. The summed E-state index contributed by atoms with van der Waals surface area (Å²) >= 11 is 0. The van der Waals surface area contributed by atoms with Crippen molar-refractivity contribution in [2.45, 2.75) is 13.3 Å². The summed E-state index contributed by atoms with van der Waals surface area (Å²) in [5.74, 6) is -0.973. The van der Waals surface area contributed by atoms with E-state index < -0.39 is 18.9 Å². The lowest BCUT2D eigenvalue weighted by Gasteiger charge is -2.12. The van der Waals surface area contributed by atoms with E-state index >= 15 is 0 Å². The number of azo groups is 1. The Morgan fingerprint density at radius 2 is 1.71 bits per heavy atom. The van der Waals surface area contributed by atoms with Crippen molar-refractivity contribution in [2.75, 3.05) is 13.4 Å². The lowest BCUT2D eigenvalue weighted by molar-refractivity contribution is -0.147. The molecule has 31 heavy (non-hydrogen) atoms. The number of rotatable bonds is 10. The van der Waals surface area contributed by atoms with Crippen LogP contribution in [0.2, 0.25) is 0 Å². The zero-order chi connectivity index (χ0) is 22.6. The summed E-state index contributed by atoms with van der Waals surface area (Å²) in [6.07, 6.45) is 0.100. The van der Waals surface area contributed by atoms with Gasteiger partial charge in [-0.25, -0.2) is 9.59 Å². The molecule has 8 heteroatoms. The number of hydrogen-bond acceptors (Lipinski definition) is 8. The van der Waals surface area contributed by atoms with Crippen molar-refractivity contribution < 1.29 is 28.6 Å². The third-order valence-corrected chi connectivity index (χ3v) is 3.93. The van der Waals surface area contributed by atoms with Gasteiger partial charge in [0.05, 0.1) is 18.0 Å². The molecule has 0 unspecified atom stereocenters. The van der Waals surface area contributed by atoms with Crippen LogP contribution in [0.5, 0.6) is 0 Å². The SMILES string of the molecule is C=CC(=O)OCOC(=O)OCCc1c(N=Nc2ccccc2)cccc1C(=O)C(=C)C. The van der Waals surface area contributed by atoms with Crippen LogP contribution in [0.4, 0.5) is 16.2 Å². The highest BCUT2D eigenvalue weighted by Crippen LogP contribution is 2.27. The largest absolute Gasteiger partial charge is 0.511 e. The molecule has 0 saturated heterocycles. The van der Waals surface area contributed by atoms with Crippen LogP contribution in [0.3, 0.4) is 0 Å². The van der Waals surface area contributed by atoms with E-state index in [-0.39, 0.29) is 18.8 Å². The first-order valence-electron chi connectivity index (χ1n) is 9.30. The first-order chi connectivity index (χ1) is 14.9. The molecule has 0 saturated carbocycles. The van der Waals surface area contributed by atoms with Gasteiger partial charge in [0.1, 0.15) is 0 Å². The molecule has 0 heterocycles. The summed E-state index contributed by atoms with van der Waals surface area (Å²) in [7, 11) is 0. The molecule has 2 aromatic carbocycles. The number of nitrogens with zero attached hydrogens (tertiary/aromatic N) is 2. The number of benzene rings is 2. The molecule has 8 nitrogen and oxygen atoms in total. The topological polar surface area (TPSA) is 104 Å². The maximum atomic E-state index is 12.6. The number of allylic oxidation sites excluding steroid dienone is 1. The molecule has 0 aromatic heterocycles. The molecule has 2 rings (SSSR count). The smallest absolute Gasteiger partial charge is 0.434 e. The van der Waals surface area contributed by atoms with Gasteiger partial charge in [-0.1, -0.05) is 43.5 Å². The predicted octanol–water partition coefficient (Wildman–Crippen LogP) is 5.24. The molecule has 0 radical (unpaired) electrons. The Labute approximate surface area is 179 Å². The lowest BCUT2D eigenvalue weighted by atomic mass is 9.96. The van der Waals surface area contributed by atoms with Crippen LogP contribution in [0.25, 0.3) is 0 Å². The number of ether oxygens (including phenoxy) is 3. The van der Waals surface area contributed by atoms with Gasteiger partial charge in [0, 0.05) is 18.1 Å². The van der Waals surface area contributed by atoms with Crippen molar-refractivity contribution in [3.05, 3.63) is 84.5 Å². The second-order valence-electron chi connectivity index (χ2n) is 6.23. The van der Waals surface area contributed by atoms with E-state index in [2.05, 4.69) is 32.9 Å². The Kier molecular flexibility index (Phi) is 8.85. The van der Waals surface area contributed by atoms with Gasteiger partial charge in [-0.05, 0) is 36.3 Å².